The predicted octanol–water partition coefficient (Wildman–Crippen LogP) is 0.366. The molecular formula is C13H11Cl2N5O4. The number of aliphatic imine (C=N–C) groups is 2. The summed E-state index contributed by atoms with van der Waals surface area (Å²) in [7, 11) is 0. The number of hydrogen-bond acceptors (Lipinski definition) is 7. The van der Waals surface area contributed by atoms with Crippen LogP contribution >= 0.6 is 23.2 Å². The standard InChI is InChI=1S/C13H11Cl2N5O4/c14-5-1-2-8(15)6(3-5)10-18-12(16)20-13(17,19-10)7(11(23)24)4-9(21)22/h1-4H,17H2,(H,21,22)(H,23,24)(H3,16,18,19,20)/b7-4+. The molecule has 0 bridgehead atoms. The summed E-state index contributed by atoms with van der Waals surface area (Å²) in [5.74, 6) is -5.63. The molecule has 0 amide bonds. The number of aliphatic carboxylic acids is 2. The van der Waals surface area contributed by atoms with Crippen LogP contribution in [0.2, 0.25) is 10.0 Å². The summed E-state index contributed by atoms with van der Waals surface area (Å²) in [5.41, 5.74) is 11.0. The molecule has 0 aromatic heterocycles. The highest BCUT2D eigenvalue weighted by molar-refractivity contribution is 6.36. The van der Waals surface area contributed by atoms with Crippen molar-refractivity contribution in [3.05, 3.63) is 45.5 Å². The first-order valence-corrected chi connectivity index (χ1v) is 7.03. The van der Waals surface area contributed by atoms with E-state index in [1.54, 1.807) is 0 Å². The molecule has 0 fully saturated rings. The maximum Gasteiger partial charge on any atom is 0.337 e. The van der Waals surface area contributed by atoms with Crippen LogP contribution in [0.4, 0.5) is 0 Å². The molecule has 9 nitrogen and oxygen atoms in total. The van der Waals surface area contributed by atoms with Gasteiger partial charge in [0.1, 0.15) is 11.4 Å². The maximum absolute atomic E-state index is 11.4. The zero-order valence-electron chi connectivity index (χ0n) is 11.8. The molecule has 1 atom stereocenters. The number of carbonyl (C=O) groups is 2. The molecule has 1 aromatic carbocycles. The lowest BCUT2D eigenvalue weighted by atomic mass is 10.1. The van der Waals surface area contributed by atoms with E-state index in [1.807, 2.05) is 0 Å². The van der Waals surface area contributed by atoms with Crippen LogP contribution in [-0.4, -0.2) is 39.7 Å². The van der Waals surface area contributed by atoms with E-state index >= 15 is 0 Å². The summed E-state index contributed by atoms with van der Waals surface area (Å²) >= 11 is 12.0. The quantitative estimate of drug-likeness (QED) is 0.477. The second kappa shape index (κ2) is 6.48. The normalized spacial score (nSPS) is 20.7. The summed E-state index contributed by atoms with van der Waals surface area (Å²) < 4.78 is 0. The molecule has 0 aliphatic carbocycles. The zero-order chi connectivity index (χ0) is 18.1. The Morgan fingerprint density at radius 3 is 2.54 bits per heavy atom. The highest BCUT2D eigenvalue weighted by Crippen LogP contribution is 2.24. The molecule has 24 heavy (non-hydrogen) atoms. The number of nitrogens with zero attached hydrogens (tertiary/aromatic N) is 2. The smallest absolute Gasteiger partial charge is 0.337 e. The third kappa shape index (κ3) is 3.65. The highest BCUT2D eigenvalue weighted by Gasteiger charge is 2.39. The first-order valence-electron chi connectivity index (χ1n) is 6.27. The molecule has 0 saturated heterocycles. The third-order valence-electron chi connectivity index (χ3n) is 2.92. The van der Waals surface area contributed by atoms with Crippen LogP contribution in [0.3, 0.4) is 0 Å². The van der Waals surface area contributed by atoms with Gasteiger partial charge in [-0.3, -0.25) is 5.73 Å². The second-order valence-electron chi connectivity index (χ2n) is 4.65. The third-order valence-corrected chi connectivity index (χ3v) is 3.48. The monoisotopic (exact) mass is 371 g/mol. The summed E-state index contributed by atoms with van der Waals surface area (Å²) in [6, 6.07) is 4.49. The van der Waals surface area contributed by atoms with E-state index in [-0.39, 0.29) is 22.4 Å². The number of carboxylic acids is 2. The number of amidine groups is 1. The number of benzene rings is 1. The molecule has 1 aromatic rings. The molecule has 0 saturated carbocycles. The number of rotatable bonds is 4. The van der Waals surface area contributed by atoms with Gasteiger partial charge in [0.15, 0.2) is 0 Å². The lowest BCUT2D eigenvalue weighted by Gasteiger charge is -2.31. The van der Waals surface area contributed by atoms with Crippen molar-refractivity contribution in [1.82, 2.24) is 5.32 Å². The Morgan fingerprint density at radius 1 is 1.29 bits per heavy atom. The van der Waals surface area contributed by atoms with Crippen molar-refractivity contribution in [2.75, 3.05) is 0 Å². The first-order chi connectivity index (χ1) is 11.1. The maximum atomic E-state index is 11.4. The van der Waals surface area contributed by atoms with Crippen molar-refractivity contribution in [3.8, 4) is 0 Å². The largest absolute Gasteiger partial charge is 0.478 e. The minimum atomic E-state index is -2.16. The Morgan fingerprint density at radius 2 is 1.96 bits per heavy atom. The van der Waals surface area contributed by atoms with E-state index in [0.717, 1.165) is 0 Å². The molecule has 1 aliphatic heterocycles. The van der Waals surface area contributed by atoms with Gasteiger partial charge in [-0.15, -0.1) is 0 Å². The molecule has 11 heteroatoms. The van der Waals surface area contributed by atoms with Crippen molar-refractivity contribution in [1.29, 1.82) is 0 Å². The average molecular weight is 372 g/mol. The molecule has 0 spiro atoms. The van der Waals surface area contributed by atoms with Crippen LogP contribution in [-0.2, 0) is 9.59 Å². The SMILES string of the molecule is NC1=NC(N)(/C(=C/C(=O)O)C(=O)O)NC(c2cc(Cl)ccc2Cl)=N1. The lowest BCUT2D eigenvalue weighted by molar-refractivity contribution is -0.135. The summed E-state index contributed by atoms with van der Waals surface area (Å²) in [6.07, 6.45) is 0.411. The van der Waals surface area contributed by atoms with Crippen LogP contribution in [0.15, 0.2) is 39.8 Å². The van der Waals surface area contributed by atoms with Crippen LogP contribution in [0.25, 0.3) is 0 Å². The van der Waals surface area contributed by atoms with E-state index in [2.05, 4.69) is 15.3 Å². The minimum Gasteiger partial charge on any atom is -0.478 e. The van der Waals surface area contributed by atoms with E-state index in [9.17, 15) is 14.7 Å². The molecule has 7 N–H and O–H groups in total. The average Bonchev–Trinajstić information content (AvgIpc) is 2.45. The molecule has 2 rings (SSSR count). The Balaban J connectivity index is 2.55. The Labute approximate surface area is 145 Å². The van der Waals surface area contributed by atoms with Crippen molar-refractivity contribution in [2.24, 2.45) is 21.5 Å². The number of nitrogens with one attached hydrogen (secondary N) is 1. The Hall–Kier alpha value is -2.62. The van der Waals surface area contributed by atoms with E-state index < -0.39 is 23.3 Å². The Kier molecular flexibility index (Phi) is 4.78. The van der Waals surface area contributed by atoms with Gasteiger partial charge in [-0.2, -0.15) is 4.99 Å². The van der Waals surface area contributed by atoms with Gasteiger partial charge >= 0.3 is 11.9 Å². The van der Waals surface area contributed by atoms with E-state index in [4.69, 9.17) is 39.8 Å². The lowest BCUT2D eigenvalue weighted by Crippen LogP contribution is -2.60. The molecular weight excluding hydrogens is 361 g/mol. The summed E-state index contributed by atoms with van der Waals surface area (Å²) in [6.45, 7) is 0. The number of halogens is 2. The molecule has 126 valence electrons. The minimum absolute atomic E-state index is 0.00459. The molecule has 1 unspecified atom stereocenters. The molecule has 1 heterocycles. The van der Waals surface area contributed by atoms with E-state index in [1.165, 1.54) is 18.2 Å². The molecule has 0 radical (unpaired) electrons. The number of carboxylic acid groups (broad SMARTS) is 2. The second-order valence-corrected chi connectivity index (χ2v) is 5.49. The van der Waals surface area contributed by atoms with Crippen LogP contribution in [0.1, 0.15) is 5.56 Å². The molecule has 1 aliphatic rings. The first kappa shape index (κ1) is 17.7. The number of hydrogen-bond donors (Lipinski definition) is 5. The van der Waals surface area contributed by atoms with Gasteiger partial charge in [-0.1, -0.05) is 23.2 Å². The fraction of sp³-hybridized carbons (Fsp3) is 0.0769. The fourth-order valence-corrected chi connectivity index (χ4v) is 2.33. The zero-order valence-corrected chi connectivity index (χ0v) is 13.3. The Bertz CT molecular complexity index is 821. The van der Waals surface area contributed by atoms with Gasteiger partial charge in [0.25, 0.3) is 0 Å². The van der Waals surface area contributed by atoms with Crippen LogP contribution in [0, 0.1) is 0 Å². The fourth-order valence-electron chi connectivity index (χ4n) is 1.95. The predicted molar refractivity (Wildman–Crippen MR) is 88.0 cm³/mol. The van der Waals surface area contributed by atoms with Gasteiger partial charge < -0.3 is 21.3 Å². The summed E-state index contributed by atoms with van der Waals surface area (Å²) in [4.78, 5) is 29.8. The number of guanidine groups is 1. The topological polar surface area (TPSA) is 163 Å². The van der Waals surface area contributed by atoms with Crippen molar-refractivity contribution < 1.29 is 19.8 Å². The highest BCUT2D eigenvalue weighted by atomic mass is 35.5. The van der Waals surface area contributed by atoms with Crippen molar-refractivity contribution in [2.45, 2.75) is 5.79 Å². The van der Waals surface area contributed by atoms with Crippen LogP contribution in [0.5, 0.6) is 0 Å². The summed E-state index contributed by atoms with van der Waals surface area (Å²) in [5, 5.41) is 21.2. The van der Waals surface area contributed by atoms with Gasteiger partial charge in [-0.25, -0.2) is 14.6 Å². The van der Waals surface area contributed by atoms with Crippen molar-refractivity contribution in [3.63, 3.8) is 0 Å². The van der Waals surface area contributed by atoms with E-state index in [0.29, 0.717) is 11.1 Å². The van der Waals surface area contributed by atoms with Gasteiger partial charge in [0.2, 0.25) is 11.7 Å². The van der Waals surface area contributed by atoms with Crippen LogP contribution < -0.4 is 16.8 Å². The number of nitrogens with two attached hydrogens (primary N) is 2. The van der Waals surface area contributed by atoms with Crippen molar-refractivity contribution >= 4 is 46.9 Å². The van der Waals surface area contributed by atoms with Gasteiger partial charge in [0.05, 0.1) is 5.02 Å². The van der Waals surface area contributed by atoms with Gasteiger partial charge in [-0.05, 0) is 18.2 Å². The van der Waals surface area contributed by atoms with Gasteiger partial charge in [0, 0.05) is 16.7 Å².